The van der Waals surface area contributed by atoms with Gasteiger partial charge in [0.05, 0.1) is 11.7 Å². The molecule has 6 nitrogen and oxygen atoms in total. The molecule has 4 aromatic rings. The Bertz CT molecular complexity index is 933. The summed E-state index contributed by atoms with van der Waals surface area (Å²) < 4.78 is 7.69. The van der Waals surface area contributed by atoms with Crippen molar-refractivity contribution in [1.29, 1.82) is 0 Å². The van der Waals surface area contributed by atoms with E-state index in [4.69, 9.17) is 4.74 Å². The zero-order valence-corrected chi connectivity index (χ0v) is 12.5. The Morgan fingerprint density at radius 2 is 2.24 bits per heavy atom. The second-order valence-electron chi connectivity index (χ2n) is 4.24. The average Bonchev–Trinajstić information content (AvgIpc) is 3.13. The van der Waals surface area contributed by atoms with Gasteiger partial charge < -0.3 is 4.74 Å². The highest BCUT2D eigenvalue weighted by molar-refractivity contribution is 8.00. The van der Waals surface area contributed by atoms with Gasteiger partial charge in [-0.15, -0.1) is 11.3 Å². The quantitative estimate of drug-likeness (QED) is 0.583. The maximum Gasteiger partial charge on any atom is 0.242 e. The summed E-state index contributed by atoms with van der Waals surface area (Å²) in [6.07, 6.45) is 5.23. The molecular weight excluding hydrogens is 306 g/mol. The molecular formula is C13H9N5OS2. The van der Waals surface area contributed by atoms with Crippen molar-refractivity contribution in [3.63, 3.8) is 0 Å². The van der Waals surface area contributed by atoms with Gasteiger partial charge in [0.25, 0.3) is 0 Å². The minimum absolute atomic E-state index is 0.525. The first-order valence-electron chi connectivity index (χ1n) is 6.10. The molecule has 1 aromatic carbocycles. The van der Waals surface area contributed by atoms with Crippen molar-refractivity contribution in [3.05, 3.63) is 30.7 Å². The number of aromatic nitrogens is 5. The van der Waals surface area contributed by atoms with Gasteiger partial charge in [0.2, 0.25) is 5.88 Å². The van der Waals surface area contributed by atoms with Crippen LogP contribution in [0.3, 0.4) is 0 Å². The molecule has 8 heteroatoms. The highest BCUT2D eigenvalue weighted by Crippen LogP contribution is 2.34. The van der Waals surface area contributed by atoms with Crippen LogP contribution in [0.5, 0.6) is 11.6 Å². The second-order valence-corrected chi connectivity index (χ2v) is 6.29. The third kappa shape index (κ3) is 2.22. The number of hydrogen-bond donors (Lipinski definition) is 1. The van der Waals surface area contributed by atoms with E-state index in [9.17, 15) is 0 Å². The molecule has 0 fully saturated rings. The monoisotopic (exact) mass is 315 g/mol. The number of nitrogens with zero attached hydrogens (tertiary/aromatic N) is 4. The summed E-state index contributed by atoms with van der Waals surface area (Å²) in [5, 5.41) is 7.96. The third-order valence-corrected chi connectivity index (χ3v) is 4.96. The normalized spacial score (nSPS) is 11.3. The Morgan fingerprint density at radius 1 is 1.29 bits per heavy atom. The van der Waals surface area contributed by atoms with Gasteiger partial charge in [-0.1, -0.05) is 11.8 Å². The van der Waals surface area contributed by atoms with Crippen molar-refractivity contribution in [2.45, 2.75) is 4.34 Å². The first-order valence-corrected chi connectivity index (χ1v) is 8.14. The van der Waals surface area contributed by atoms with E-state index in [1.807, 2.05) is 24.5 Å². The lowest BCUT2D eigenvalue weighted by atomic mass is 10.2. The SMILES string of the molecule is CSc1nc2ncnc(Oc3ccc4cn[nH]c4c3)c2s1. The van der Waals surface area contributed by atoms with Gasteiger partial charge in [-0.3, -0.25) is 5.10 Å². The molecule has 21 heavy (non-hydrogen) atoms. The highest BCUT2D eigenvalue weighted by Gasteiger charge is 2.12. The van der Waals surface area contributed by atoms with Crippen LogP contribution in [0.15, 0.2) is 35.1 Å². The van der Waals surface area contributed by atoms with Crippen molar-refractivity contribution in [2.24, 2.45) is 0 Å². The van der Waals surface area contributed by atoms with E-state index in [1.165, 1.54) is 17.7 Å². The number of benzene rings is 1. The van der Waals surface area contributed by atoms with Gasteiger partial charge in [-0.2, -0.15) is 5.10 Å². The van der Waals surface area contributed by atoms with Gasteiger partial charge in [-0.25, -0.2) is 15.0 Å². The van der Waals surface area contributed by atoms with E-state index >= 15 is 0 Å². The first-order chi connectivity index (χ1) is 10.3. The van der Waals surface area contributed by atoms with Crippen molar-refractivity contribution in [1.82, 2.24) is 25.1 Å². The molecule has 0 saturated carbocycles. The van der Waals surface area contributed by atoms with Gasteiger partial charge in [0.1, 0.15) is 16.8 Å². The van der Waals surface area contributed by atoms with Crippen LogP contribution in [-0.2, 0) is 0 Å². The zero-order chi connectivity index (χ0) is 14.2. The number of hydrogen-bond acceptors (Lipinski definition) is 7. The van der Waals surface area contributed by atoms with Crippen LogP contribution in [0.1, 0.15) is 0 Å². The summed E-state index contributed by atoms with van der Waals surface area (Å²) in [4.78, 5) is 12.8. The molecule has 0 aliphatic carbocycles. The summed E-state index contributed by atoms with van der Waals surface area (Å²) in [6.45, 7) is 0. The molecule has 0 bridgehead atoms. The average molecular weight is 315 g/mol. The van der Waals surface area contributed by atoms with Crippen LogP contribution in [0, 0.1) is 0 Å². The molecule has 0 saturated heterocycles. The minimum atomic E-state index is 0.525. The Morgan fingerprint density at radius 3 is 3.14 bits per heavy atom. The molecule has 3 heterocycles. The van der Waals surface area contributed by atoms with Crippen LogP contribution >= 0.6 is 23.1 Å². The zero-order valence-electron chi connectivity index (χ0n) is 10.9. The molecule has 0 radical (unpaired) electrons. The number of aromatic amines is 1. The predicted molar refractivity (Wildman–Crippen MR) is 83.2 cm³/mol. The molecule has 0 aliphatic rings. The summed E-state index contributed by atoms with van der Waals surface area (Å²) in [7, 11) is 0. The standard InChI is InChI=1S/C13H9N5OS2/c1-20-13-17-11-10(21-13)12(15-6-14-11)19-8-3-2-7-5-16-18-9(7)4-8/h2-6H,1H3,(H,16,18). The van der Waals surface area contributed by atoms with Crippen LogP contribution in [0.2, 0.25) is 0 Å². The van der Waals surface area contributed by atoms with Crippen molar-refractivity contribution in [3.8, 4) is 11.6 Å². The Labute approximate surface area is 127 Å². The first kappa shape index (κ1) is 12.5. The molecule has 0 amide bonds. The van der Waals surface area contributed by atoms with Crippen molar-refractivity contribution in [2.75, 3.05) is 6.26 Å². The largest absolute Gasteiger partial charge is 0.437 e. The Balaban J connectivity index is 1.77. The molecule has 4 rings (SSSR count). The second kappa shape index (κ2) is 4.97. The van der Waals surface area contributed by atoms with Crippen LogP contribution in [0.4, 0.5) is 0 Å². The van der Waals surface area contributed by atoms with E-state index in [1.54, 1.807) is 18.0 Å². The molecule has 1 N–H and O–H groups in total. The maximum atomic E-state index is 5.89. The van der Waals surface area contributed by atoms with Crippen LogP contribution in [-0.4, -0.2) is 31.4 Å². The topological polar surface area (TPSA) is 76.6 Å². The summed E-state index contributed by atoms with van der Waals surface area (Å²) in [5.74, 6) is 1.22. The fraction of sp³-hybridized carbons (Fsp3) is 0.0769. The summed E-state index contributed by atoms with van der Waals surface area (Å²) in [5.41, 5.74) is 1.59. The number of H-pyrrole nitrogens is 1. The van der Waals surface area contributed by atoms with Gasteiger partial charge in [0.15, 0.2) is 9.99 Å². The molecule has 0 spiro atoms. The van der Waals surface area contributed by atoms with Crippen LogP contribution < -0.4 is 4.74 Å². The van der Waals surface area contributed by atoms with E-state index < -0.39 is 0 Å². The number of fused-ring (bicyclic) bond motifs is 2. The molecule has 104 valence electrons. The van der Waals surface area contributed by atoms with E-state index in [-0.39, 0.29) is 0 Å². The number of thioether (sulfide) groups is 1. The van der Waals surface area contributed by atoms with Crippen molar-refractivity contribution >= 4 is 44.3 Å². The van der Waals surface area contributed by atoms with Gasteiger partial charge in [-0.05, 0) is 18.4 Å². The minimum Gasteiger partial charge on any atom is -0.437 e. The molecule has 0 aliphatic heterocycles. The Hall–Kier alpha value is -2.19. The third-order valence-electron chi connectivity index (χ3n) is 2.94. The fourth-order valence-corrected chi connectivity index (χ4v) is 3.40. The molecule has 3 aromatic heterocycles. The van der Waals surface area contributed by atoms with Crippen molar-refractivity contribution < 1.29 is 4.74 Å². The number of ether oxygens (including phenoxy) is 1. The predicted octanol–water partition coefficient (Wildman–Crippen LogP) is 3.48. The van der Waals surface area contributed by atoms with E-state index in [0.29, 0.717) is 17.3 Å². The van der Waals surface area contributed by atoms with Gasteiger partial charge in [0, 0.05) is 11.5 Å². The van der Waals surface area contributed by atoms with E-state index in [2.05, 4.69) is 25.1 Å². The number of nitrogens with one attached hydrogen (secondary N) is 1. The van der Waals surface area contributed by atoms with Gasteiger partial charge >= 0.3 is 0 Å². The maximum absolute atomic E-state index is 5.89. The number of thiazole rings is 1. The van der Waals surface area contributed by atoms with Crippen LogP contribution in [0.25, 0.3) is 21.3 Å². The smallest absolute Gasteiger partial charge is 0.242 e. The highest BCUT2D eigenvalue weighted by atomic mass is 32.2. The molecule has 0 atom stereocenters. The lowest BCUT2D eigenvalue weighted by molar-refractivity contribution is 0.469. The lowest BCUT2D eigenvalue weighted by Gasteiger charge is -2.04. The summed E-state index contributed by atoms with van der Waals surface area (Å²) >= 11 is 3.11. The Kier molecular flexibility index (Phi) is 2.97. The fourth-order valence-electron chi connectivity index (χ4n) is 1.97. The lowest BCUT2D eigenvalue weighted by Crippen LogP contribution is -1.89. The van der Waals surface area contributed by atoms with E-state index in [0.717, 1.165) is 19.9 Å². The summed E-state index contributed by atoms with van der Waals surface area (Å²) in [6, 6.07) is 5.74. The number of rotatable bonds is 3. The molecule has 0 unspecified atom stereocenters.